The molecule has 6 nitrogen and oxygen atoms in total. The largest absolute Gasteiger partial charge is 0.310 e. The molecule has 0 saturated carbocycles. The molecule has 282 valence electrons. The van der Waals surface area contributed by atoms with Crippen LogP contribution >= 0.6 is 0 Å². The summed E-state index contributed by atoms with van der Waals surface area (Å²) in [6.07, 6.45) is 0. The van der Waals surface area contributed by atoms with E-state index in [0.717, 1.165) is 62.0 Å². The van der Waals surface area contributed by atoms with Gasteiger partial charge in [0.25, 0.3) is 0 Å². The molecule has 10 rings (SSSR count). The normalized spacial score (nSPS) is 13.3. The molecule has 0 N–H and O–H groups in total. The van der Waals surface area contributed by atoms with E-state index in [4.69, 9.17) is 4.98 Å². The second-order valence-corrected chi connectivity index (χ2v) is 17.2. The summed E-state index contributed by atoms with van der Waals surface area (Å²) in [4.78, 5) is 9.56. The maximum absolute atomic E-state index is 13.7. The van der Waals surface area contributed by atoms with Gasteiger partial charge in [-0.05, 0) is 115 Å². The first-order chi connectivity index (χ1) is 28.2. The van der Waals surface area contributed by atoms with Crippen molar-refractivity contribution in [2.45, 2.75) is 36.1 Å². The third kappa shape index (κ3) is 5.61. The summed E-state index contributed by atoms with van der Waals surface area (Å²) in [7, 11) is -3.82. The van der Waals surface area contributed by atoms with Crippen LogP contribution in [-0.4, -0.2) is 18.0 Å². The van der Waals surface area contributed by atoms with Crippen molar-refractivity contribution in [1.82, 2.24) is 9.55 Å². The molecule has 0 bridgehead atoms. The molecule has 0 unspecified atom stereocenters. The van der Waals surface area contributed by atoms with Crippen LogP contribution in [0.4, 0.5) is 34.1 Å². The fraction of sp³-hybridized carbons (Fsp3) is 0.0784. The van der Waals surface area contributed by atoms with E-state index in [-0.39, 0.29) is 9.92 Å². The number of aromatic nitrogens is 2. The van der Waals surface area contributed by atoms with Gasteiger partial charge in [0.2, 0.25) is 9.84 Å². The predicted molar refractivity (Wildman–Crippen MR) is 237 cm³/mol. The summed E-state index contributed by atoms with van der Waals surface area (Å²) in [6.45, 7) is 6.50. The second kappa shape index (κ2) is 13.6. The average molecular weight is 773 g/mol. The number of para-hydroxylation sites is 4. The number of sulfone groups is 1. The minimum atomic E-state index is -3.82. The Bertz CT molecular complexity index is 3030. The van der Waals surface area contributed by atoms with Crippen molar-refractivity contribution in [3.8, 4) is 5.69 Å². The van der Waals surface area contributed by atoms with Gasteiger partial charge in [0.1, 0.15) is 0 Å². The molecule has 0 radical (unpaired) electrons. The highest BCUT2D eigenvalue weighted by atomic mass is 32.2. The first-order valence-electron chi connectivity index (χ1n) is 19.5. The van der Waals surface area contributed by atoms with E-state index >= 15 is 0 Å². The lowest BCUT2D eigenvalue weighted by Gasteiger charge is -2.43. The zero-order chi connectivity index (χ0) is 39.6. The molecule has 0 spiro atoms. The molecular formula is C51H40N4O2S. The molecule has 1 aliphatic rings. The van der Waals surface area contributed by atoms with Crippen LogP contribution in [0.3, 0.4) is 0 Å². The molecule has 9 aromatic rings. The zero-order valence-electron chi connectivity index (χ0n) is 32.4. The topological polar surface area (TPSA) is 58.4 Å². The van der Waals surface area contributed by atoms with Crippen LogP contribution in [0.5, 0.6) is 0 Å². The lowest BCUT2D eigenvalue weighted by atomic mass is 9.73. The Labute approximate surface area is 338 Å². The van der Waals surface area contributed by atoms with Crippen molar-refractivity contribution < 1.29 is 8.42 Å². The van der Waals surface area contributed by atoms with Crippen LogP contribution < -0.4 is 9.80 Å². The van der Waals surface area contributed by atoms with E-state index in [2.05, 4.69) is 162 Å². The first kappa shape index (κ1) is 35.5. The van der Waals surface area contributed by atoms with Gasteiger partial charge in [-0.3, -0.25) is 0 Å². The fourth-order valence-electron chi connectivity index (χ4n) is 8.69. The van der Waals surface area contributed by atoms with Crippen LogP contribution in [0, 0.1) is 6.92 Å². The number of rotatable bonds is 7. The van der Waals surface area contributed by atoms with Crippen molar-refractivity contribution in [1.29, 1.82) is 0 Å². The molecular weight excluding hydrogens is 733 g/mol. The molecule has 3 heterocycles. The minimum absolute atomic E-state index is 0.0242. The minimum Gasteiger partial charge on any atom is -0.310 e. The fourth-order valence-corrected chi connectivity index (χ4v) is 9.95. The van der Waals surface area contributed by atoms with Crippen LogP contribution in [-0.2, 0) is 15.3 Å². The van der Waals surface area contributed by atoms with Gasteiger partial charge >= 0.3 is 0 Å². The molecule has 2 aromatic heterocycles. The van der Waals surface area contributed by atoms with Gasteiger partial charge in [0.15, 0.2) is 5.03 Å². The van der Waals surface area contributed by atoms with E-state index in [1.807, 2.05) is 31.2 Å². The van der Waals surface area contributed by atoms with E-state index < -0.39 is 15.3 Å². The number of aryl methyl sites for hydroxylation is 1. The summed E-state index contributed by atoms with van der Waals surface area (Å²) in [5, 5.41) is 2.44. The van der Waals surface area contributed by atoms with Crippen molar-refractivity contribution >= 4 is 65.8 Å². The van der Waals surface area contributed by atoms with Crippen molar-refractivity contribution in [2.75, 3.05) is 9.80 Å². The highest BCUT2D eigenvalue weighted by molar-refractivity contribution is 7.91. The molecule has 0 aliphatic carbocycles. The summed E-state index contributed by atoms with van der Waals surface area (Å²) in [6, 6.07) is 63.5. The SMILES string of the molecule is Cc1nc(S(=O)(=O)c2ccccc2)ccc1N1c2ccc(N(c3ccccc3)c3ccccc3)cc2C(C)(C)c2cc(-n3c4ccccc4c4ccccc43)ccc21. The van der Waals surface area contributed by atoms with Gasteiger partial charge in [0.05, 0.1) is 38.7 Å². The highest BCUT2D eigenvalue weighted by Crippen LogP contribution is 2.54. The number of nitrogens with zero attached hydrogens (tertiary/aromatic N) is 4. The molecule has 58 heavy (non-hydrogen) atoms. The van der Waals surface area contributed by atoms with Crippen LogP contribution in [0.15, 0.2) is 198 Å². The van der Waals surface area contributed by atoms with Crippen molar-refractivity contribution in [2.24, 2.45) is 0 Å². The quantitative estimate of drug-likeness (QED) is 0.161. The van der Waals surface area contributed by atoms with Crippen LogP contribution in [0.1, 0.15) is 30.7 Å². The maximum Gasteiger partial charge on any atom is 0.223 e. The Morgan fingerprint density at radius 3 is 1.60 bits per heavy atom. The third-order valence-electron chi connectivity index (χ3n) is 11.5. The molecule has 0 fully saturated rings. The van der Waals surface area contributed by atoms with Crippen molar-refractivity contribution in [3.05, 3.63) is 205 Å². The Balaban J connectivity index is 1.20. The lowest BCUT2D eigenvalue weighted by Crippen LogP contribution is -2.31. The average Bonchev–Trinajstić information content (AvgIpc) is 3.60. The Hall–Kier alpha value is -6.96. The Morgan fingerprint density at radius 2 is 1.02 bits per heavy atom. The number of benzene rings is 7. The molecule has 0 amide bonds. The predicted octanol–water partition coefficient (Wildman–Crippen LogP) is 12.9. The number of hydrogen-bond acceptors (Lipinski definition) is 5. The molecule has 0 atom stereocenters. The lowest BCUT2D eigenvalue weighted by molar-refractivity contribution is 0.592. The van der Waals surface area contributed by atoms with Crippen LogP contribution in [0.25, 0.3) is 27.5 Å². The van der Waals surface area contributed by atoms with Gasteiger partial charge < -0.3 is 14.4 Å². The van der Waals surface area contributed by atoms with Gasteiger partial charge in [-0.15, -0.1) is 0 Å². The first-order valence-corrected chi connectivity index (χ1v) is 21.0. The van der Waals surface area contributed by atoms with Crippen LogP contribution in [0.2, 0.25) is 0 Å². The Morgan fingerprint density at radius 1 is 0.517 bits per heavy atom. The zero-order valence-corrected chi connectivity index (χ0v) is 33.2. The summed E-state index contributed by atoms with van der Waals surface area (Å²) < 4.78 is 29.8. The van der Waals surface area contributed by atoms with Gasteiger partial charge in [-0.25, -0.2) is 13.4 Å². The van der Waals surface area contributed by atoms with Crippen molar-refractivity contribution in [3.63, 3.8) is 0 Å². The molecule has 0 saturated heterocycles. The van der Waals surface area contributed by atoms with Gasteiger partial charge in [0, 0.05) is 38.9 Å². The van der Waals surface area contributed by atoms with E-state index in [1.54, 1.807) is 30.3 Å². The highest BCUT2D eigenvalue weighted by Gasteiger charge is 2.39. The third-order valence-corrected chi connectivity index (χ3v) is 13.2. The second-order valence-electron chi connectivity index (χ2n) is 15.3. The standard InChI is InChI=1S/C51H40N4O2S/c1-35-45(31-32-50(52-35)58(56,57)40-21-11-6-12-22-40)55-48-29-27-38(53(36-17-7-4-8-18-36)37-19-9-5-10-20-37)33-43(48)51(2,3)44-34-39(28-30-49(44)55)54-46-25-15-13-23-41(46)42-24-14-16-26-47(42)54/h4-34H,1-3H3. The number of pyridine rings is 1. The summed E-state index contributed by atoms with van der Waals surface area (Å²) >= 11 is 0. The summed E-state index contributed by atoms with van der Waals surface area (Å²) in [5.41, 5.74) is 11.8. The number of hydrogen-bond donors (Lipinski definition) is 0. The summed E-state index contributed by atoms with van der Waals surface area (Å²) in [5.74, 6) is 0. The number of fused-ring (bicyclic) bond motifs is 5. The molecule has 1 aliphatic heterocycles. The molecule has 7 heteroatoms. The monoisotopic (exact) mass is 772 g/mol. The van der Waals surface area contributed by atoms with Gasteiger partial charge in [-0.1, -0.05) is 105 Å². The van der Waals surface area contributed by atoms with Gasteiger partial charge in [-0.2, -0.15) is 0 Å². The van der Waals surface area contributed by atoms with E-state index in [0.29, 0.717) is 5.69 Å². The number of anilines is 6. The maximum atomic E-state index is 13.7. The van der Waals surface area contributed by atoms with E-state index in [9.17, 15) is 8.42 Å². The Kier molecular flexibility index (Phi) is 8.32. The molecule has 7 aromatic carbocycles. The van der Waals surface area contributed by atoms with E-state index in [1.165, 1.54) is 10.8 Å². The smallest absolute Gasteiger partial charge is 0.223 e.